The van der Waals surface area contributed by atoms with Gasteiger partial charge in [0, 0.05) is 80.8 Å². The van der Waals surface area contributed by atoms with E-state index >= 15 is 0 Å². The summed E-state index contributed by atoms with van der Waals surface area (Å²) in [6.07, 6.45) is 5.05. The van der Waals surface area contributed by atoms with Crippen molar-refractivity contribution in [1.29, 1.82) is 0 Å². The zero-order valence-electron chi connectivity index (χ0n) is 21.8. The number of benzene rings is 1. The molecular weight excluding hydrogens is 500 g/mol. The third-order valence-corrected chi connectivity index (χ3v) is 7.99. The molecule has 3 aliphatic rings. The molecule has 0 radical (unpaired) electrons. The molecule has 9 nitrogen and oxygen atoms in total. The molecule has 7 rings (SSSR count). The molecule has 0 saturated carbocycles. The van der Waals surface area contributed by atoms with Gasteiger partial charge in [0.2, 0.25) is 0 Å². The molecule has 1 atom stereocenters. The van der Waals surface area contributed by atoms with Crippen molar-refractivity contribution in [2.24, 2.45) is 0 Å². The molecule has 1 unspecified atom stereocenters. The van der Waals surface area contributed by atoms with Crippen LogP contribution in [0.3, 0.4) is 0 Å². The number of hydrogen-bond acceptors (Lipinski definition) is 8. The summed E-state index contributed by atoms with van der Waals surface area (Å²) in [5.41, 5.74) is 7.61. The smallest absolute Gasteiger partial charge is 0.261 e. The highest BCUT2D eigenvalue weighted by molar-refractivity contribution is 5.90. The lowest BCUT2D eigenvalue weighted by Gasteiger charge is -2.35. The average Bonchev–Trinajstić information content (AvgIpc) is 3.64. The van der Waals surface area contributed by atoms with Gasteiger partial charge < -0.3 is 20.4 Å². The maximum absolute atomic E-state index is 13.7. The Morgan fingerprint density at radius 1 is 1.00 bits per heavy atom. The van der Waals surface area contributed by atoms with Gasteiger partial charge in [-0.25, -0.2) is 13.8 Å². The number of para-hydroxylation sites is 1. The van der Waals surface area contributed by atoms with Crippen LogP contribution in [0, 0.1) is 0 Å². The lowest BCUT2D eigenvalue weighted by Crippen LogP contribution is -2.44. The number of nitrogens with one attached hydrogen (secondary N) is 3. The van der Waals surface area contributed by atoms with Crippen LogP contribution < -0.4 is 15.5 Å². The number of likely N-dealkylation sites (N-methyl/N-ethyl adjacent to an activating group) is 1. The zero-order chi connectivity index (χ0) is 26.6. The van der Waals surface area contributed by atoms with Crippen molar-refractivity contribution in [3.05, 3.63) is 60.2 Å². The van der Waals surface area contributed by atoms with Gasteiger partial charge in [-0.05, 0) is 36.9 Å². The molecule has 1 aromatic carbocycles. The third-order valence-electron chi connectivity index (χ3n) is 7.99. The number of aromatic amines is 1. The van der Waals surface area contributed by atoms with Gasteiger partial charge in [0.05, 0.1) is 29.3 Å². The molecular formula is C28H31F2N9. The number of nitrogens with zero attached hydrogens (tertiary/aromatic N) is 6. The van der Waals surface area contributed by atoms with Crippen molar-refractivity contribution in [1.82, 2.24) is 30.0 Å². The van der Waals surface area contributed by atoms with Crippen LogP contribution in [0.2, 0.25) is 0 Å². The van der Waals surface area contributed by atoms with E-state index in [-0.39, 0.29) is 19.1 Å². The number of rotatable bonds is 5. The van der Waals surface area contributed by atoms with E-state index in [0.717, 1.165) is 65.3 Å². The van der Waals surface area contributed by atoms with Crippen molar-refractivity contribution >= 4 is 28.1 Å². The van der Waals surface area contributed by atoms with E-state index in [1.165, 1.54) is 5.69 Å². The number of anilines is 3. The molecule has 39 heavy (non-hydrogen) atoms. The molecule has 0 bridgehead atoms. The lowest BCUT2D eigenvalue weighted by atomic mass is 10.1. The molecule has 0 spiro atoms. The number of fused-ring (bicyclic) bond motifs is 2. The summed E-state index contributed by atoms with van der Waals surface area (Å²) >= 11 is 0. The van der Waals surface area contributed by atoms with E-state index in [4.69, 9.17) is 0 Å². The first-order valence-corrected chi connectivity index (χ1v) is 13.4. The first-order valence-electron chi connectivity index (χ1n) is 13.4. The largest absolute Gasteiger partial charge is 0.367 e. The molecule has 0 aliphatic carbocycles. The van der Waals surface area contributed by atoms with Crippen LogP contribution in [0.1, 0.15) is 23.8 Å². The second kappa shape index (κ2) is 9.42. The Morgan fingerprint density at radius 2 is 1.85 bits per heavy atom. The maximum atomic E-state index is 13.7. The summed E-state index contributed by atoms with van der Waals surface area (Å²) in [5, 5.41) is 15.8. The minimum atomic E-state index is -2.61. The highest BCUT2D eigenvalue weighted by Gasteiger charge is 2.38. The minimum Gasteiger partial charge on any atom is -0.367 e. The Kier molecular flexibility index (Phi) is 5.85. The van der Waals surface area contributed by atoms with E-state index in [9.17, 15) is 8.78 Å². The SMILES string of the molecule is CN1CCN(c2cccc3c2NC(c2[nH]nc4ncc(-c5cncc(CN6CCC(F)(F)C6)c5)cc24)N3)CC1. The quantitative estimate of drug-likeness (QED) is 0.354. The number of H-pyrrole nitrogens is 1. The number of aromatic nitrogens is 4. The minimum absolute atomic E-state index is 0.0893. The molecule has 11 heteroatoms. The topological polar surface area (TPSA) is 88.2 Å². The van der Waals surface area contributed by atoms with Gasteiger partial charge in [-0.3, -0.25) is 15.0 Å². The van der Waals surface area contributed by atoms with E-state index < -0.39 is 5.92 Å². The first-order chi connectivity index (χ1) is 18.9. The Bertz CT molecular complexity index is 1510. The highest BCUT2D eigenvalue weighted by Crippen LogP contribution is 2.43. The summed E-state index contributed by atoms with van der Waals surface area (Å²) < 4.78 is 27.3. The predicted octanol–water partition coefficient (Wildman–Crippen LogP) is 4.15. The van der Waals surface area contributed by atoms with E-state index in [1.807, 2.05) is 6.07 Å². The van der Waals surface area contributed by atoms with E-state index in [0.29, 0.717) is 18.7 Å². The number of alkyl halides is 2. The van der Waals surface area contributed by atoms with Crippen molar-refractivity contribution in [3.63, 3.8) is 0 Å². The number of halogens is 2. The standard InChI is InChI=1S/C28H31F2N9/c1-37-7-9-39(10-8-37)23-4-2-3-22-25(23)34-27(33-22)24-21-12-20(15-32-26(21)36-35-24)19-11-18(13-31-14-19)16-38-6-5-28(29,30)17-38/h2-4,11-15,27,33-34H,5-10,16-17H2,1H3,(H,32,35,36). The summed E-state index contributed by atoms with van der Waals surface area (Å²) in [7, 11) is 2.16. The van der Waals surface area contributed by atoms with Gasteiger partial charge in [-0.2, -0.15) is 5.10 Å². The number of likely N-dealkylation sites (tertiary alicyclic amines) is 1. The Labute approximate surface area is 225 Å². The second-order valence-corrected chi connectivity index (χ2v) is 10.8. The van der Waals surface area contributed by atoms with Gasteiger partial charge in [0.15, 0.2) is 5.65 Å². The summed E-state index contributed by atoms with van der Waals surface area (Å²) in [6, 6.07) is 10.4. The molecule has 202 valence electrons. The number of pyridine rings is 2. The summed E-state index contributed by atoms with van der Waals surface area (Å²) in [6.45, 7) is 4.71. The summed E-state index contributed by atoms with van der Waals surface area (Å²) in [4.78, 5) is 15.6. The first kappa shape index (κ1) is 24.2. The van der Waals surface area contributed by atoms with Crippen molar-refractivity contribution in [2.45, 2.75) is 25.1 Å². The van der Waals surface area contributed by atoms with Crippen LogP contribution in [0.5, 0.6) is 0 Å². The average molecular weight is 532 g/mol. The number of hydrogen-bond donors (Lipinski definition) is 3. The third kappa shape index (κ3) is 4.65. The van der Waals surface area contributed by atoms with Gasteiger partial charge in [-0.1, -0.05) is 6.07 Å². The van der Waals surface area contributed by atoms with Crippen LogP contribution in [-0.4, -0.2) is 82.2 Å². The fraction of sp³-hybridized carbons (Fsp3) is 0.393. The molecule has 3 aromatic heterocycles. The van der Waals surface area contributed by atoms with Gasteiger partial charge in [-0.15, -0.1) is 0 Å². The van der Waals surface area contributed by atoms with Crippen LogP contribution in [0.4, 0.5) is 25.8 Å². The monoisotopic (exact) mass is 531 g/mol. The fourth-order valence-corrected chi connectivity index (χ4v) is 5.83. The Morgan fingerprint density at radius 3 is 2.67 bits per heavy atom. The molecule has 3 aliphatic heterocycles. The van der Waals surface area contributed by atoms with Crippen molar-refractivity contribution < 1.29 is 8.78 Å². The van der Waals surface area contributed by atoms with Gasteiger partial charge in [0.25, 0.3) is 5.92 Å². The summed E-state index contributed by atoms with van der Waals surface area (Å²) in [5.74, 6) is -2.61. The van der Waals surface area contributed by atoms with Gasteiger partial charge in [0.1, 0.15) is 6.17 Å². The molecule has 2 fully saturated rings. The van der Waals surface area contributed by atoms with Crippen LogP contribution in [-0.2, 0) is 6.54 Å². The molecule has 4 aromatic rings. The Balaban J connectivity index is 1.14. The molecule has 3 N–H and O–H groups in total. The Hall–Kier alpha value is -3.83. The zero-order valence-corrected chi connectivity index (χ0v) is 21.8. The maximum Gasteiger partial charge on any atom is 0.261 e. The van der Waals surface area contributed by atoms with Crippen LogP contribution >= 0.6 is 0 Å². The van der Waals surface area contributed by atoms with Crippen LogP contribution in [0.25, 0.3) is 22.2 Å². The van der Waals surface area contributed by atoms with Crippen LogP contribution in [0.15, 0.2) is 48.9 Å². The number of piperazine rings is 1. The van der Waals surface area contributed by atoms with Gasteiger partial charge >= 0.3 is 0 Å². The molecule has 6 heterocycles. The second-order valence-electron chi connectivity index (χ2n) is 10.8. The predicted molar refractivity (Wildman–Crippen MR) is 148 cm³/mol. The van der Waals surface area contributed by atoms with Crippen molar-refractivity contribution in [3.8, 4) is 11.1 Å². The highest BCUT2D eigenvalue weighted by atomic mass is 19.3. The fourth-order valence-electron chi connectivity index (χ4n) is 5.83. The molecule has 0 amide bonds. The molecule has 2 saturated heterocycles. The van der Waals surface area contributed by atoms with E-state index in [2.05, 4.69) is 71.9 Å². The van der Waals surface area contributed by atoms with Crippen molar-refractivity contribution in [2.75, 3.05) is 61.8 Å². The lowest BCUT2D eigenvalue weighted by molar-refractivity contribution is 0.0115. The van der Waals surface area contributed by atoms with E-state index in [1.54, 1.807) is 23.5 Å². The normalized spacial score (nSPS) is 21.2.